The fourth-order valence-corrected chi connectivity index (χ4v) is 8.09. The van der Waals surface area contributed by atoms with Crippen LogP contribution in [0.5, 0.6) is 0 Å². The molecule has 0 N–H and O–H groups in total. The minimum absolute atomic E-state index is 0.0818. The summed E-state index contributed by atoms with van der Waals surface area (Å²) in [5, 5.41) is 0. The molecule has 0 unspecified atom stereocenters. The summed E-state index contributed by atoms with van der Waals surface area (Å²) >= 11 is 0. The van der Waals surface area contributed by atoms with Crippen molar-refractivity contribution in [3.8, 4) is 0 Å². The van der Waals surface area contributed by atoms with Gasteiger partial charge in [0.1, 0.15) is 13.2 Å². The summed E-state index contributed by atoms with van der Waals surface area (Å²) in [6.07, 6.45) is 69.1. The smallest absolute Gasteiger partial charge is 0.306 e. The summed E-state index contributed by atoms with van der Waals surface area (Å²) in [7, 11) is 0. The van der Waals surface area contributed by atoms with Crippen LogP contribution >= 0.6 is 0 Å². The molecule has 0 heterocycles. The molecule has 0 aliphatic carbocycles. The third kappa shape index (κ3) is 53.9. The van der Waals surface area contributed by atoms with E-state index >= 15 is 0 Å². The number of hydrogen-bond donors (Lipinski definition) is 0. The highest BCUT2D eigenvalue weighted by Crippen LogP contribution is 2.15. The van der Waals surface area contributed by atoms with E-state index in [1.807, 2.05) is 0 Å². The summed E-state index contributed by atoms with van der Waals surface area (Å²) in [4.78, 5) is 38.1. The van der Waals surface area contributed by atoms with Crippen LogP contribution in [0.1, 0.15) is 290 Å². The average molecular weight is 938 g/mol. The molecule has 0 fully saturated rings. The van der Waals surface area contributed by atoms with Crippen molar-refractivity contribution < 1.29 is 28.6 Å². The van der Waals surface area contributed by atoms with Crippen LogP contribution in [0.3, 0.4) is 0 Å². The van der Waals surface area contributed by atoms with Crippen molar-refractivity contribution in [1.29, 1.82) is 0 Å². The Morgan fingerprint density at radius 1 is 0.299 bits per heavy atom. The van der Waals surface area contributed by atoms with Crippen molar-refractivity contribution in [1.82, 2.24) is 0 Å². The van der Waals surface area contributed by atoms with Crippen LogP contribution in [-0.2, 0) is 28.6 Å². The fraction of sp³-hybridized carbons (Fsp3) is 0.787. The molecule has 0 spiro atoms. The van der Waals surface area contributed by atoms with E-state index in [9.17, 15) is 14.4 Å². The first-order valence-corrected chi connectivity index (χ1v) is 28.8. The van der Waals surface area contributed by atoms with E-state index in [4.69, 9.17) is 14.2 Å². The molecule has 67 heavy (non-hydrogen) atoms. The lowest BCUT2D eigenvalue weighted by Crippen LogP contribution is -2.30. The molecule has 0 aromatic rings. The number of ether oxygens (including phenoxy) is 3. The molecule has 0 saturated heterocycles. The van der Waals surface area contributed by atoms with Gasteiger partial charge in [0.15, 0.2) is 6.10 Å². The molecule has 6 nitrogen and oxygen atoms in total. The van der Waals surface area contributed by atoms with Crippen molar-refractivity contribution in [2.45, 2.75) is 297 Å². The van der Waals surface area contributed by atoms with Crippen LogP contribution in [-0.4, -0.2) is 37.2 Å². The van der Waals surface area contributed by atoms with Gasteiger partial charge in [-0.25, -0.2) is 0 Å². The monoisotopic (exact) mass is 937 g/mol. The lowest BCUT2D eigenvalue weighted by Gasteiger charge is -2.18. The Bertz CT molecular complexity index is 1210. The van der Waals surface area contributed by atoms with E-state index in [2.05, 4.69) is 81.5 Å². The first kappa shape index (κ1) is 64.1. The molecule has 0 aliphatic heterocycles. The minimum Gasteiger partial charge on any atom is -0.462 e. The third-order valence-corrected chi connectivity index (χ3v) is 12.5. The lowest BCUT2D eigenvalue weighted by molar-refractivity contribution is -0.167. The van der Waals surface area contributed by atoms with Gasteiger partial charge < -0.3 is 14.2 Å². The molecule has 0 bridgehead atoms. The lowest BCUT2D eigenvalue weighted by atomic mass is 10.1. The zero-order valence-electron chi connectivity index (χ0n) is 44.4. The van der Waals surface area contributed by atoms with Gasteiger partial charge in [-0.3, -0.25) is 14.4 Å². The number of carbonyl (C=O) groups excluding carboxylic acids is 3. The van der Waals surface area contributed by atoms with Gasteiger partial charge in [-0.15, -0.1) is 0 Å². The molecule has 388 valence electrons. The van der Waals surface area contributed by atoms with Crippen LogP contribution in [0.15, 0.2) is 60.8 Å². The largest absolute Gasteiger partial charge is 0.462 e. The summed E-state index contributed by atoms with van der Waals surface area (Å²) < 4.78 is 16.9. The zero-order chi connectivity index (χ0) is 48.6. The topological polar surface area (TPSA) is 78.9 Å². The van der Waals surface area contributed by atoms with E-state index < -0.39 is 6.10 Å². The maximum Gasteiger partial charge on any atom is 0.306 e. The number of unbranched alkanes of at least 4 members (excludes halogenated alkanes) is 31. The SMILES string of the molecule is CCCCC/C=C\C/C=C\CCCCCCCCCCCC(=O)O[C@@H](COC(=O)CCCCCCC/C=C\CCCCCC)COC(=O)CCCCCCCCC/C=C\C/C=C\CCCCC. The third-order valence-electron chi connectivity index (χ3n) is 12.5. The van der Waals surface area contributed by atoms with Gasteiger partial charge in [-0.1, -0.05) is 223 Å². The van der Waals surface area contributed by atoms with Crippen LogP contribution in [0.4, 0.5) is 0 Å². The summed E-state index contributed by atoms with van der Waals surface area (Å²) in [6, 6.07) is 0. The molecule has 0 aliphatic rings. The molecule has 0 radical (unpaired) electrons. The Labute approximate surface area is 415 Å². The summed E-state index contributed by atoms with van der Waals surface area (Å²) in [6.45, 7) is 6.58. The number of carbonyl (C=O) groups is 3. The average Bonchev–Trinajstić information content (AvgIpc) is 3.33. The van der Waals surface area contributed by atoms with Crippen LogP contribution < -0.4 is 0 Å². The van der Waals surface area contributed by atoms with Crippen molar-refractivity contribution in [2.75, 3.05) is 13.2 Å². The van der Waals surface area contributed by atoms with Crippen molar-refractivity contribution in [3.05, 3.63) is 60.8 Å². The number of rotatable bonds is 52. The van der Waals surface area contributed by atoms with Crippen molar-refractivity contribution in [3.63, 3.8) is 0 Å². The number of esters is 3. The van der Waals surface area contributed by atoms with Gasteiger partial charge >= 0.3 is 17.9 Å². The number of hydrogen-bond acceptors (Lipinski definition) is 6. The van der Waals surface area contributed by atoms with E-state index in [0.717, 1.165) is 83.5 Å². The minimum atomic E-state index is -0.783. The fourth-order valence-electron chi connectivity index (χ4n) is 8.09. The molecule has 0 rings (SSSR count). The van der Waals surface area contributed by atoms with Gasteiger partial charge in [0, 0.05) is 19.3 Å². The highest BCUT2D eigenvalue weighted by molar-refractivity contribution is 5.71. The highest BCUT2D eigenvalue weighted by Gasteiger charge is 2.19. The van der Waals surface area contributed by atoms with Crippen molar-refractivity contribution in [2.24, 2.45) is 0 Å². The van der Waals surface area contributed by atoms with Gasteiger partial charge in [0.05, 0.1) is 0 Å². The molecule has 1 atom stereocenters. The molecule has 0 amide bonds. The normalized spacial score (nSPS) is 12.5. The van der Waals surface area contributed by atoms with Crippen LogP contribution in [0, 0.1) is 0 Å². The molecule has 0 saturated carbocycles. The van der Waals surface area contributed by atoms with E-state index in [1.54, 1.807) is 0 Å². The molecule has 0 aromatic carbocycles. The quantitative estimate of drug-likeness (QED) is 0.0262. The first-order valence-electron chi connectivity index (χ1n) is 28.8. The summed E-state index contributed by atoms with van der Waals surface area (Å²) in [5.41, 5.74) is 0. The van der Waals surface area contributed by atoms with Crippen molar-refractivity contribution >= 4 is 17.9 Å². The van der Waals surface area contributed by atoms with E-state index in [1.165, 1.54) is 167 Å². The summed E-state index contributed by atoms with van der Waals surface area (Å²) in [5.74, 6) is -0.892. The first-order chi connectivity index (χ1) is 33.0. The van der Waals surface area contributed by atoms with Gasteiger partial charge in [0.2, 0.25) is 0 Å². The molecule has 0 aromatic heterocycles. The predicted molar refractivity (Wildman–Crippen MR) is 288 cm³/mol. The maximum absolute atomic E-state index is 12.9. The standard InChI is InChI=1S/C61H108O6/c1-4-7-10-13-16-19-22-25-27-29-30-32-34-37-40-43-46-49-52-55-61(64)67-58(56-65-59(62)53-50-47-44-41-38-35-24-21-18-15-12-9-6-3)57-66-60(63)54-51-48-45-42-39-36-33-31-28-26-23-20-17-14-11-8-5-2/h16-17,19-21,24-28,58H,4-15,18,22-23,29-57H2,1-3H3/b19-16-,20-17-,24-21-,27-25-,28-26-/t58-/m0/s1. The zero-order valence-corrected chi connectivity index (χ0v) is 44.4. The Kier molecular flexibility index (Phi) is 53.3. The Hall–Kier alpha value is -2.89. The Balaban J connectivity index is 4.38. The van der Waals surface area contributed by atoms with Crippen LogP contribution in [0.2, 0.25) is 0 Å². The molecular weight excluding hydrogens is 829 g/mol. The Morgan fingerprint density at radius 2 is 0.537 bits per heavy atom. The highest BCUT2D eigenvalue weighted by atomic mass is 16.6. The van der Waals surface area contributed by atoms with E-state index in [0.29, 0.717) is 19.3 Å². The second-order valence-corrected chi connectivity index (χ2v) is 19.2. The maximum atomic E-state index is 12.9. The predicted octanol–water partition coefficient (Wildman–Crippen LogP) is 19.2. The van der Waals surface area contributed by atoms with Gasteiger partial charge in [-0.2, -0.15) is 0 Å². The second kappa shape index (κ2) is 55.7. The molecule has 6 heteroatoms. The van der Waals surface area contributed by atoms with Crippen LogP contribution in [0.25, 0.3) is 0 Å². The Morgan fingerprint density at radius 3 is 0.866 bits per heavy atom. The number of allylic oxidation sites excluding steroid dienone is 10. The molecular formula is C61H108O6. The van der Waals surface area contributed by atoms with Gasteiger partial charge in [0.25, 0.3) is 0 Å². The van der Waals surface area contributed by atoms with E-state index in [-0.39, 0.29) is 31.1 Å². The second-order valence-electron chi connectivity index (χ2n) is 19.2. The van der Waals surface area contributed by atoms with Gasteiger partial charge in [-0.05, 0) is 109 Å².